The summed E-state index contributed by atoms with van der Waals surface area (Å²) in [4.78, 5) is 4.28. The van der Waals surface area contributed by atoms with E-state index in [1.165, 1.54) is 0 Å². The van der Waals surface area contributed by atoms with Crippen LogP contribution in [0.25, 0.3) is 0 Å². The number of hydrogen-bond donors (Lipinski definition) is 1. The first-order valence-electron chi connectivity index (χ1n) is 7.05. The van der Waals surface area contributed by atoms with Gasteiger partial charge in [0.15, 0.2) is 0 Å². The summed E-state index contributed by atoms with van der Waals surface area (Å²) in [6.45, 7) is 7.01. The van der Waals surface area contributed by atoms with E-state index in [4.69, 9.17) is 16.3 Å². The second kappa shape index (κ2) is 6.91. The number of rotatable bonds is 6. The van der Waals surface area contributed by atoms with Crippen molar-refractivity contribution in [2.45, 2.75) is 32.9 Å². The van der Waals surface area contributed by atoms with E-state index in [1.54, 1.807) is 19.5 Å². The van der Waals surface area contributed by atoms with Crippen LogP contribution in [0.5, 0.6) is 5.88 Å². The summed E-state index contributed by atoms with van der Waals surface area (Å²) >= 11 is 6.38. The summed E-state index contributed by atoms with van der Waals surface area (Å²) in [6, 6.07) is 3.99. The van der Waals surface area contributed by atoms with Gasteiger partial charge in [0, 0.05) is 17.8 Å². The van der Waals surface area contributed by atoms with E-state index in [-0.39, 0.29) is 12.1 Å². The molecule has 2 aromatic rings. The van der Waals surface area contributed by atoms with Crippen LogP contribution in [0.15, 0.2) is 24.5 Å². The highest BCUT2D eigenvalue weighted by atomic mass is 35.5. The number of nitrogens with zero attached hydrogens (tertiary/aromatic N) is 3. The first-order valence-corrected chi connectivity index (χ1v) is 7.43. The third-order valence-electron chi connectivity index (χ3n) is 3.26. The van der Waals surface area contributed by atoms with Crippen molar-refractivity contribution in [1.82, 2.24) is 20.1 Å². The molecule has 2 aromatic heterocycles. The molecule has 0 fully saturated rings. The van der Waals surface area contributed by atoms with Crippen LogP contribution in [-0.2, 0) is 0 Å². The molecule has 0 aliphatic heterocycles. The molecule has 0 spiro atoms. The van der Waals surface area contributed by atoms with Crippen molar-refractivity contribution in [3.05, 3.63) is 40.8 Å². The molecule has 1 unspecified atom stereocenters. The van der Waals surface area contributed by atoms with Gasteiger partial charge in [0.1, 0.15) is 0 Å². The molecule has 5 nitrogen and oxygen atoms in total. The average molecular weight is 309 g/mol. The highest BCUT2D eigenvalue weighted by Crippen LogP contribution is 2.33. The summed E-state index contributed by atoms with van der Waals surface area (Å²) < 4.78 is 7.32. The van der Waals surface area contributed by atoms with Crippen LogP contribution < -0.4 is 10.1 Å². The van der Waals surface area contributed by atoms with Crippen molar-refractivity contribution < 1.29 is 4.74 Å². The standard InChI is InChI=1S/C15H21ClN4O/c1-5-17-13(11-7-6-8-18-15(11)21-4)14-12(16)9-19-20(14)10(2)3/h6-10,13,17H,5H2,1-4H3. The van der Waals surface area contributed by atoms with Gasteiger partial charge in [0.05, 0.1) is 30.1 Å². The smallest absolute Gasteiger partial charge is 0.218 e. The molecule has 0 radical (unpaired) electrons. The molecule has 1 atom stereocenters. The second-order valence-corrected chi connectivity index (χ2v) is 5.42. The van der Waals surface area contributed by atoms with E-state index in [9.17, 15) is 0 Å². The molecule has 21 heavy (non-hydrogen) atoms. The Labute approximate surface area is 130 Å². The number of aromatic nitrogens is 3. The maximum absolute atomic E-state index is 6.38. The van der Waals surface area contributed by atoms with Gasteiger partial charge in [-0.05, 0) is 26.5 Å². The fourth-order valence-corrected chi connectivity index (χ4v) is 2.62. The molecule has 114 valence electrons. The quantitative estimate of drug-likeness (QED) is 0.890. The van der Waals surface area contributed by atoms with E-state index in [0.29, 0.717) is 10.9 Å². The Bertz CT molecular complexity index is 597. The van der Waals surface area contributed by atoms with Crippen LogP contribution in [-0.4, -0.2) is 28.4 Å². The van der Waals surface area contributed by atoms with Crippen LogP contribution >= 0.6 is 11.6 Å². The van der Waals surface area contributed by atoms with Gasteiger partial charge in [0.25, 0.3) is 0 Å². The highest BCUT2D eigenvalue weighted by molar-refractivity contribution is 6.31. The zero-order valence-electron chi connectivity index (χ0n) is 12.8. The van der Waals surface area contributed by atoms with Crippen molar-refractivity contribution in [2.24, 2.45) is 0 Å². The van der Waals surface area contributed by atoms with Gasteiger partial charge in [0.2, 0.25) is 5.88 Å². The Morgan fingerprint density at radius 3 is 2.81 bits per heavy atom. The van der Waals surface area contributed by atoms with E-state index < -0.39 is 0 Å². The molecule has 0 amide bonds. The molecular formula is C15H21ClN4O. The summed E-state index contributed by atoms with van der Waals surface area (Å²) in [7, 11) is 1.62. The zero-order chi connectivity index (χ0) is 15.4. The zero-order valence-corrected chi connectivity index (χ0v) is 13.6. The topological polar surface area (TPSA) is 52.0 Å². The van der Waals surface area contributed by atoms with Crippen molar-refractivity contribution in [3.63, 3.8) is 0 Å². The maximum Gasteiger partial charge on any atom is 0.218 e. The average Bonchev–Trinajstić information content (AvgIpc) is 2.86. The maximum atomic E-state index is 6.38. The Morgan fingerprint density at radius 1 is 1.43 bits per heavy atom. The molecule has 0 saturated heterocycles. The van der Waals surface area contributed by atoms with Gasteiger partial charge in [-0.2, -0.15) is 5.10 Å². The number of pyridine rings is 1. The van der Waals surface area contributed by atoms with Crippen LogP contribution in [0, 0.1) is 0 Å². The molecule has 0 aliphatic carbocycles. The van der Waals surface area contributed by atoms with Gasteiger partial charge < -0.3 is 10.1 Å². The molecule has 6 heteroatoms. The van der Waals surface area contributed by atoms with Gasteiger partial charge >= 0.3 is 0 Å². The second-order valence-electron chi connectivity index (χ2n) is 5.01. The van der Waals surface area contributed by atoms with Crippen LogP contribution in [0.1, 0.15) is 44.1 Å². The predicted molar refractivity (Wildman–Crippen MR) is 83.9 cm³/mol. The monoisotopic (exact) mass is 308 g/mol. The molecule has 0 saturated carbocycles. The Hall–Kier alpha value is -1.59. The lowest BCUT2D eigenvalue weighted by molar-refractivity contribution is 0.384. The number of methoxy groups -OCH3 is 1. The fraction of sp³-hybridized carbons (Fsp3) is 0.467. The number of halogens is 1. The largest absolute Gasteiger partial charge is 0.481 e. The van der Waals surface area contributed by atoms with Crippen molar-refractivity contribution in [3.8, 4) is 5.88 Å². The normalized spacial score (nSPS) is 12.7. The van der Waals surface area contributed by atoms with Gasteiger partial charge in [-0.3, -0.25) is 4.68 Å². The van der Waals surface area contributed by atoms with Crippen molar-refractivity contribution in [2.75, 3.05) is 13.7 Å². The molecule has 2 rings (SSSR count). The minimum atomic E-state index is -0.115. The third-order valence-corrected chi connectivity index (χ3v) is 3.55. The number of hydrogen-bond acceptors (Lipinski definition) is 4. The number of ether oxygens (including phenoxy) is 1. The van der Waals surface area contributed by atoms with Gasteiger partial charge in [-0.15, -0.1) is 0 Å². The lowest BCUT2D eigenvalue weighted by atomic mass is 10.0. The summed E-state index contributed by atoms with van der Waals surface area (Å²) in [6.07, 6.45) is 3.40. The Kier molecular flexibility index (Phi) is 5.20. The third kappa shape index (κ3) is 3.19. The van der Waals surface area contributed by atoms with Gasteiger partial charge in [-0.1, -0.05) is 24.6 Å². The van der Waals surface area contributed by atoms with E-state index >= 15 is 0 Å². The van der Waals surface area contributed by atoms with Crippen LogP contribution in [0.3, 0.4) is 0 Å². The minimum Gasteiger partial charge on any atom is -0.481 e. The van der Waals surface area contributed by atoms with E-state index in [2.05, 4.69) is 36.2 Å². The lowest BCUT2D eigenvalue weighted by Crippen LogP contribution is -2.26. The predicted octanol–water partition coefficient (Wildman–Crippen LogP) is 3.22. The van der Waals surface area contributed by atoms with Crippen molar-refractivity contribution >= 4 is 11.6 Å². The molecule has 1 N–H and O–H groups in total. The molecule has 2 heterocycles. The van der Waals surface area contributed by atoms with Crippen LogP contribution in [0.4, 0.5) is 0 Å². The highest BCUT2D eigenvalue weighted by Gasteiger charge is 2.25. The SMILES string of the molecule is CCNC(c1cccnc1OC)c1c(Cl)cnn1C(C)C. The molecule has 0 bridgehead atoms. The Morgan fingerprint density at radius 2 is 2.19 bits per heavy atom. The molecular weight excluding hydrogens is 288 g/mol. The van der Waals surface area contributed by atoms with Gasteiger partial charge in [-0.25, -0.2) is 4.98 Å². The number of nitrogens with one attached hydrogen (secondary N) is 1. The first-order chi connectivity index (χ1) is 10.1. The minimum absolute atomic E-state index is 0.115. The van der Waals surface area contributed by atoms with Crippen LogP contribution in [0.2, 0.25) is 5.02 Å². The summed E-state index contributed by atoms with van der Waals surface area (Å²) in [5.41, 5.74) is 1.88. The summed E-state index contributed by atoms with van der Waals surface area (Å²) in [5, 5.41) is 8.47. The molecule has 0 aromatic carbocycles. The molecule has 0 aliphatic rings. The van der Waals surface area contributed by atoms with E-state index in [0.717, 1.165) is 17.8 Å². The Balaban J connectivity index is 2.56. The lowest BCUT2D eigenvalue weighted by Gasteiger charge is -2.23. The summed E-state index contributed by atoms with van der Waals surface area (Å²) in [5.74, 6) is 0.594. The van der Waals surface area contributed by atoms with E-state index in [1.807, 2.05) is 16.8 Å². The fourth-order valence-electron chi connectivity index (χ4n) is 2.38. The van der Waals surface area contributed by atoms with Crippen molar-refractivity contribution in [1.29, 1.82) is 0 Å². The first kappa shape index (κ1) is 15.8.